The topological polar surface area (TPSA) is 132 Å². The van der Waals surface area contributed by atoms with E-state index in [4.69, 9.17) is 9.32 Å². The SMILES string of the molecule is CC1(C)C[C@H](Nc2ncnc3c2ccn3C2C[C@@H](COS(N)(=O)=O)[C@@H](O)C2)c2ccccc21. The molecule has 2 aromatic heterocycles. The Bertz CT molecular complexity index is 1290. The molecule has 1 saturated carbocycles. The first kappa shape index (κ1) is 22.3. The smallest absolute Gasteiger partial charge is 0.333 e. The molecule has 10 heteroatoms. The molecular weight excluding hydrogens is 442 g/mol. The molecular formula is C23H29N5O4S. The summed E-state index contributed by atoms with van der Waals surface area (Å²) in [5.41, 5.74) is 3.52. The molecule has 5 rings (SSSR count). The lowest BCUT2D eigenvalue weighted by Gasteiger charge is -2.20. The van der Waals surface area contributed by atoms with Crippen LogP contribution in [0.4, 0.5) is 5.82 Å². The standard InChI is InChI=1S/C23H29N5O4S/c1-23(2)11-19(16-5-3-4-6-18(16)23)27-21-17-7-8-28(22(17)26-13-25-21)15-9-14(20(29)10-15)12-32-33(24,30)31/h3-8,13-15,19-20,29H,9-12H2,1-2H3,(H2,24,30,31)(H,25,26,27)/t14-,15?,19-,20-/m0/s1. The molecule has 2 aliphatic carbocycles. The number of hydrogen-bond donors (Lipinski definition) is 3. The summed E-state index contributed by atoms with van der Waals surface area (Å²) in [6.07, 6.45) is 4.86. The number of nitrogens with two attached hydrogens (primary N) is 1. The van der Waals surface area contributed by atoms with Crippen LogP contribution in [0.2, 0.25) is 0 Å². The number of aliphatic hydroxyl groups is 1. The van der Waals surface area contributed by atoms with Crippen molar-refractivity contribution < 1.29 is 17.7 Å². The summed E-state index contributed by atoms with van der Waals surface area (Å²) in [6, 6.07) is 10.7. The van der Waals surface area contributed by atoms with Crippen molar-refractivity contribution in [3.63, 3.8) is 0 Å². The predicted octanol–water partition coefficient (Wildman–Crippen LogP) is 2.80. The first-order valence-electron chi connectivity index (χ1n) is 11.1. The van der Waals surface area contributed by atoms with E-state index < -0.39 is 16.4 Å². The summed E-state index contributed by atoms with van der Waals surface area (Å²) in [4.78, 5) is 9.04. The molecule has 2 heterocycles. The number of hydrogen-bond acceptors (Lipinski definition) is 7. The molecule has 0 amide bonds. The Labute approximate surface area is 193 Å². The lowest BCUT2D eigenvalue weighted by molar-refractivity contribution is 0.100. The van der Waals surface area contributed by atoms with Crippen molar-refractivity contribution in [2.24, 2.45) is 11.1 Å². The van der Waals surface area contributed by atoms with Crippen LogP contribution < -0.4 is 10.5 Å². The van der Waals surface area contributed by atoms with E-state index in [2.05, 4.69) is 53.4 Å². The lowest BCUT2D eigenvalue weighted by Crippen LogP contribution is -2.24. The van der Waals surface area contributed by atoms with Crippen molar-refractivity contribution in [2.45, 2.75) is 56.7 Å². The minimum absolute atomic E-state index is 0.0273. The highest BCUT2D eigenvalue weighted by atomic mass is 32.2. The zero-order valence-corrected chi connectivity index (χ0v) is 19.5. The van der Waals surface area contributed by atoms with Gasteiger partial charge in [-0.2, -0.15) is 8.42 Å². The van der Waals surface area contributed by atoms with Gasteiger partial charge < -0.3 is 15.0 Å². The van der Waals surface area contributed by atoms with Gasteiger partial charge in [0.05, 0.1) is 24.1 Å². The highest BCUT2D eigenvalue weighted by Gasteiger charge is 2.38. The molecule has 4 atom stereocenters. The van der Waals surface area contributed by atoms with Crippen molar-refractivity contribution >= 4 is 27.2 Å². The Morgan fingerprint density at radius 2 is 2.03 bits per heavy atom. The molecule has 176 valence electrons. The molecule has 4 N–H and O–H groups in total. The largest absolute Gasteiger partial charge is 0.393 e. The Kier molecular flexibility index (Phi) is 5.43. The van der Waals surface area contributed by atoms with Crippen LogP contribution in [0, 0.1) is 5.92 Å². The number of benzene rings is 1. The van der Waals surface area contributed by atoms with E-state index in [1.54, 1.807) is 6.33 Å². The first-order chi connectivity index (χ1) is 15.6. The number of nitrogens with zero attached hydrogens (tertiary/aromatic N) is 3. The van der Waals surface area contributed by atoms with Crippen molar-refractivity contribution in [1.82, 2.24) is 14.5 Å². The van der Waals surface area contributed by atoms with Gasteiger partial charge >= 0.3 is 10.3 Å². The summed E-state index contributed by atoms with van der Waals surface area (Å²) in [6.45, 7) is 4.40. The quantitative estimate of drug-likeness (QED) is 0.503. The molecule has 0 aliphatic heterocycles. The van der Waals surface area contributed by atoms with E-state index in [0.717, 1.165) is 23.3 Å². The van der Waals surface area contributed by atoms with Gasteiger partial charge in [-0.1, -0.05) is 38.1 Å². The van der Waals surface area contributed by atoms with Crippen LogP contribution >= 0.6 is 0 Å². The molecule has 0 saturated heterocycles. The summed E-state index contributed by atoms with van der Waals surface area (Å²) in [5, 5.41) is 19.9. The number of rotatable bonds is 6. The summed E-state index contributed by atoms with van der Waals surface area (Å²) >= 11 is 0. The third kappa shape index (κ3) is 4.23. The Morgan fingerprint density at radius 3 is 2.82 bits per heavy atom. The number of anilines is 1. The second-order valence-electron chi connectivity index (χ2n) is 9.78. The third-order valence-electron chi connectivity index (χ3n) is 7.07. The maximum atomic E-state index is 11.1. The van der Waals surface area contributed by atoms with Gasteiger partial charge in [0.15, 0.2) is 0 Å². The molecule has 2 aliphatic rings. The Morgan fingerprint density at radius 1 is 1.24 bits per heavy atom. The van der Waals surface area contributed by atoms with Crippen molar-refractivity contribution in [1.29, 1.82) is 0 Å². The molecule has 3 aromatic rings. The molecule has 0 bridgehead atoms. The van der Waals surface area contributed by atoms with Gasteiger partial charge in [0.2, 0.25) is 0 Å². The number of aromatic nitrogens is 3. The minimum atomic E-state index is -4.03. The molecule has 1 unspecified atom stereocenters. The average Bonchev–Trinajstić information content (AvgIpc) is 3.41. The van der Waals surface area contributed by atoms with Crippen LogP contribution in [-0.2, 0) is 19.9 Å². The summed E-state index contributed by atoms with van der Waals surface area (Å²) < 4.78 is 29.0. The lowest BCUT2D eigenvalue weighted by atomic mass is 9.86. The van der Waals surface area contributed by atoms with Gasteiger partial charge in [-0.3, -0.25) is 4.18 Å². The minimum Gasteiger partial charge on any atom is -0.393 e. The fraction of sp³-hybridized carbons (Fsp3) is 0.478. The van der Waals surface area contributed by atoms with Crippen LogP contribution in [-0.4, -0.2) is 40.8 Å². The van der Waals surface area contributed by atoms with Gasteiger partial charge in [-0.05, 0) is 41.9 Å². The van der Waals surface area contributed by atoms with Crippen LogP contribution in [0.15, 0.2) is 42.9 Å². The Hall–Kier alpha value is -2.53. The number of fused-ring (bicyclic) bond motifs is 2. The monoisotopic (exact) mass is 471 g/mol. The van der Waals surface area contributed by atoms with Crippen LogP contribution in [0.3, 0.4) is 0 Å². The highest BCUT2D eigenvalue weighted by molar-refractivity contribution is 7.84. The zero-order valence-electron chi connectivity index (χ0n) is 18.7. The van der Waals surface area contributed by atoms with Gasteiger partial charge in [0.1, 0.15) is 17.8 Å². The van der Waals surface area contributed by atoms with Crippen molar-refractivity contribution in [3.05, 3.63) is 54.0 Å². The Balaban J connectivity index is 1.39. The summed E-state index contributed by atoms with van der Waals surface area (Å²) in [7, 11) is -4.03. The van der Waals surface area contributed by atoms with Gasteiger partial charge in [-0.25, -0.2) is 15.1 Å². The summed E-state index contributed by atoms with van der Waals surface area (Å²) in [5.74, 6) is 0.464. The van der Waals surface area contributed by atoms with E-state index in [1.165, 1.54) is 11.1 Å². The number of aliphatic hydroxyl groups excluding tert-OH is 1. The van der Waals surface area contributed by atoms with Gasteiger partial charge in [-0.15, -0.1) is 0 Å². The van der Waals surface area contributed by atoms with E-state index in [1.807, 2.05) is 16.8 Å². The van der Waals surface area contributed by atoms with E-state index in [0.29, 0.717) is 12.8 Å². The van der Waals surface area contributed by atoms with Crippen LogP contribution in [0.5, 0.6) is 0 Å². The normalized spacial score (nSPS) is 26.5. The maximum Gasteiger partial charge on any atom is 0.333 e. The van der Waals surface area contributed by atoms with Gasteiger partial charge in [0, 0.05) is 18.2 Å². The molecule has 1 aromatic carbocycles. The molecule has 0 radical (unpaired) electrons. The van der Waals surface area contributed by atoms with Gasteiger partial charge in [0.25, 0.3) is 0 Å². The predicted molar refractivity (Wildman–Crippen MR) is 125 cm³/mol. The van der Waals surface area contributed by atoms with E-state index in [-0.39, 0.29) is 30.0 Å². The third-order valence-corrected chi connectivity index (χ3v) is 7.54. The molecule has 0 spiro atoms. The van der Waals surface area contributed by atoms with Crippen molar-refractivity contribution in [3.8, 4) is 0 Å². The highest BCUT2D eigenvalue weighted by Crippen LogP contribution is 2.46. The molecule has 1 fully saturated rings. The maximum absolute atomic E-state index is 11.1. The van der Waals surface area contributed by atoms with Crippen LogP contribution in [0.1, 0.15) is 56.3 Å². The van der Waals surface area contributed by atoms with Crippen molar-refractivity contribution in [2.75, 3.05) is 11.9 Å². The first-order valence-corrected chi connectivity index (χ1v) is 12.6. The van der Waals surface area contributed by atoms with E-state index in [9.17, 15) is 13.5 Å². The fourth-order valence-electron chi connectivity index (χ4n) is 5.48. The van der Waals surface area contributed by atoms with E-state index >= 15 is 0 Å². The number of nitrogens with one attached hydrogen (secondary N) is 1. The second-order valence-corrected chi connectivity index (χ2v) is 11.0. The van der Waals surface area contributed by atoms with Crippen LogP contribution in [0.25, 0.3) is 11.0 Å². The molecule has 9 nitrogen and oxygen atoms in total. The molecule has 33 heavy (non-hydrogen) atoms. The average molecular weight is 472 g/mol. The zero-order chi connectivity index (χ0) is 23.4. The fourth-order valence-corrected chi connectivity index (χ4v) is 5.85. The second kappa shape index (κ2) is 8.05.